The van der Waals surface area contributed by atoms with Gasteiger partial charge in [0.15, 0.2) is 0 Å². The van der Waals surface area contributed by atoms with Gasteiger partial charge in [-0.1, -0.05) is 40.0 Å². The number of hydrogen-bond acceptors (Lipinski definition) is 1. The minimum atomic E-state index is -0.667. The van der Waals surface area contributed by atoms with Gasteiger partial charge in [0, 0.05) is 0 Å². The van der Waals surface area contributed by atoms with Crippen LogP contribution in [-0.2, 0) is 4.79 Å². The van der Waals surface area contributed by atoms with Crippen LogP contribution in [0, 0.1) is 11.8 Å². The lowest BCUT2D eigenvalue weighted by Crippen LogP contribution is -2.09. The molecule has 0 aliphatic heterocycles. The normalized spacial score (nSPS) is 15.6. The molecule has 0 spiro atoms. The summed E-state index contributed by atoms with van der Waals surface area (Å²) >= 11 is 0. The Morgan fingerprint density at radius 2 is 1.92 bits per heavy atom. The lowest BCUT2D eigenvalue weighted by Gasteiger charge is -2.09. The highest BCUT2D eigenvalue weighted by molar-refractivity contribution is 5.69. The lowest BCUT2D eigenvalue weighted by molar-refractivity contribution is -0.141. The number of carboxylic acids is 1. The minimum absolute atomic E-state index is 0.172. The van der Waals surface area contributed by atoms with Crippen LogP contribution in [0.25, 0.3) is 0 Å². The first-order chi connectivity index (χ1) is 5.57. The van der Waals surface area contributed by atoms with E-state index in [1.165, 1.54) is 6.42 Å². The molecule has 0 aliphatic carbocycles. The summed E-state index contributed by atoms with van der Waals surface area (Å²) in [4.78, 5) is 10.4. The molecular weight excluding hydrogens is 152 g/mol. The largest absolute Gasteiger partial charge is 0.481 e. The van der Waals surface area contributed by atoms with Gasteiger partial charge in [-0.25, -0.2) is 0 Å². The average Bonchev–Trinajstić information content (AvgIpc) is 2.03. The highest BCUT2D eigenvalue weighted by Crippen LogP contribution is 2.14. The second kappa shape index (κ2) is 6.04. The zero-order valence-corrected chi connectivity index (χ0v) is 8.34. The summed E-state index contributed by atoms with van der Waals surface area (Å²) < 4.78 is 0. The van der Waals surface area contributed by atoms with E-state index in [0.29, 0.717) is 0 Å². The first-order valence-corrected chi connectivity index (χ1v) is 4.80. The molecule has 0 aromatic rings. The molecule has 0 amide bonds. The van der Waals surface area contributed by atoms with Gasteiger partial charge in [0.25, 0.3) is 0 Å². The highest BCUT2D eigenvalue weighted by Gasteiger charge is 2.10. The Hall–Kier alpha value is -0.530. The van der Waals surface area contributed by atoms with Gasteiger partial charge in [-0.05, 0) is 12.3 Å². The molecule has 2 nitrogen and oxygen atoms in total. The summed E-state index contributed by atoms with van der Waals surface area (Å²) in [5.41, 5.74) is 0. The molecule has 0 saturated carbocycles. The van der Waals surface area contributed by atoms with Crippen molar-refractivity contribution in [2.45, 2.75) is 46.5 Å². The molecule has 0 bridgehead atoms. The molecule has 2 atom stereocenters. The van der Waals surface area contributed by atoms with Crippen molar-refractivity contribution in [3.05, 3.63) is 0 Å². The molecule has 0 rings (SSSR count). The molecule has 0 heterocycles. The van der Waals surface area contributed by atoms with Crippen molar-refractivity contribution >= 4 is 5.97 Å². The summed E-state index contributed by atoms with van der Waals surface area (Å²) in [6.45, 7) is 6.16. The van der Waals surface area contributed by atoms with Gasteiger partial charge in [-0.15, -0.1) is 0 Å². The van der Waals surface area contributed by atoms with Crippen LogP contribution >= 0.6 is 0 Å². The standard InChI is InChI=1S/C10H20O2/c1-4-8(2)6-5-7-9(3)10(11)12/h8-9H,4-7H2,1-3H3,(H,11,12)/t8-,9-/m0/s1. The minimum Gasteiger partial charge on any atom is -0.481 e. The second-order valence-corrected chi connectivity index (χ2v) is 3.68. The van der Waals surface area contributed by atoms with Crippen LogP contribution in [0.2, 0.25) is 0 Å². The number of carboxylic acid groups (broad SMARTS) is 1. The maximum atomic E-state index is 10.4. The number of rotatable bonds is 6. The van der Waals surface area contributed by atoms with Crippen molar-refractivity contribution in [3.8, 4) is 0 Å². The molecule has 0 unspecified atom stereocenters. The zero-order valence-electron chi connectivity index (χ0n) is 8.34. The van der Waals surface area contributed by atoms with E-state index >= 15 is 0 Å². The van der Waals surface area contributed by atoms with Crippen LogP contribution in [0.5, 0.6) is 0 Å². The molecule has 12 heavy (non-hydrogen) atoms. The highest BCUT2D eigenvalue weighted by atomic mass is 16.4. The molecule has 0 aromatic heterocycles. The fraction of sp³-hybridized carbons (Fsp3) is 0.900. The van der Waals surface area contributed by atoms with Gasteiger partial charge in [-0.2, -0.15) is 0 Å². The van der Waals surface area contributed by atoms with Crippen LogP contribution in [0.4, 0.5) is 0 Å². The average molecular weight is 172 g/mol. The lowest BCUT2D eigenvalue weighted by atomic mass is 9.97. The predicted molar refractivity (Wildman–Crippen MR) is 50.1 cm³/mol. The molecule has 72 valence electrons. The van der Waals surface area contributed by atoms with Crippen molar-refractivity contribution in [3.63, 3.8) is 0 Å². The van der Waals surface area contributed by atoms with E-state index in [9.17, 15) is 4.79 Å². The molecular formula is C10H20O2. The fourth-order valence-corrected chi connectivity index (χ4v) is 1.10. The van der Waals surface area contributed by atoms with Gasteiger partial charge in [-0.3, -0.25) is 4.79 Å². The Morgan fingerprint density at radius 3 is 2.33 bits per heavy atom. The van der Waals surface area contributed by atoms with E-state index in [4.69, 9.17) is 5.11 Å². The summed E-state index contributed by atoms with van der Waals surface area (Å²) in [5, 5.41) is 8.60. The van der Waals surface area contributed by atoms with Crippen LogP contribution in [0.3, 0.4) is 0 Å². The summed E-state index contributed by atoms with van der Waals surface area (Å²) in [7, 11) is 0. The third kappa shape index (κ3) is 5.16. The van der Waals surface area contributed by atoms with Crippen LogP contribution in [0.1, 0.15) is 46.5 Å². The maximum Gasteiger partial charge on any atom is 0.306 e. The van der Waals surface area contributed by atoms with E-state index in [0.717, 1.165) is 25.2 Å². The van der Waals surface area contributed by atoms with Gasteiger partial charge in [0.2, 0.25) is 0 Å². The van der Waals surface area contributed by atoms with E-state index in [1.54, 1.807) is 6.92 Å². The Morgan fingerprint density at radius 1 is 1.33 bits per heavy atom. The van der Waals surface area contributed by atoms with Gasteiger partial charge < -0.3 is 5.11 Å². The first-order valence-electron chi connectivity index (χ1n) is 4.80. The van der Waals surface area contributed by atoms with Crippen molar-refractivity contribution in [1.82, 2.24) is 0 Å². The smallest absolute Gasteiger partial charge is 0.306 e. The van der Waals surface area contributed by atoms with Crippen LogP contribution in [0.15, 0.2) is 0 Å². The van der Waals surface area contributed by atoms with E-state index in [1.807, 2.05) is 0 Å². The summed E-state index contributed by atoms with van der Waals surface area (Å²) in [5.74, 6) is -0.0980. The number of aliphatic carboxylic acids is 1. The van der Waals surface area contributed by atoms with Crippen LogP contribution < -0.4 is 0 Å². The quantitative estimate of drug-likeness (QED) is 0.668. The van der Waals surface area contributed by atoms with E-state index < -0.39 is 5.97 Å². The van der Waals surface area contributed by atoms with Gasteiger partial charge in [0.1, 0.15) is 0 Å². The molecule has 0 saturated heterocycles. The van der Waals surface area contributed by atoms with Gasteiger partial charge in [0.05, 0.1) is 5.92 Å². The van der Waals surface area contributed by atoms with Crippen molar-refractivity contribution in [1.29, 1.82) is 0 Å². The van der Waals surface area contributed by atoms with Crippen molar-refractivity contribution in [2.24, 2.45) is 11.8 Å². The monoisotopic (exact) mass is 172 g/mol. The Bertz CT molecular complexity index is 132. The van der Waals surface area contributed by atoms with Crippen molar-refractivity contribution in [2.75, 3.05) is 0 Å². The summed E-state index contributed by atoms with van der Waals surface area (Å²) in [6.07, 6.45) is 4.22. The molecule has 0 aromatic carbocycles. The molecule has 1 N–H and O–H groups in total. The van der Waals surface area contributed by atoms with Crippen molar-refractivity contribution < 1.29 is 9.90 Å². The Labute approximate surface area is 75.0 Å². The van der Waals surface area contributed by atoms with E-state index in [2.05, 4.69) is 13.8 Å². The third-order valence-corrected chi connectivity index (χ3v) is 2.45. The van der Waals surface area contributed by atoms with E-state index in [-0.39, 0.29) is 5.92 Å². The topological polar surface area (TPSA) is 37.3 Å². The molecule has 0 fully saturated rings. The fourth-order valence-electron chi connectivity index (χ4n) is 1.10. The molecule has 2 heteroatoms. The third-order valence-electron chi connectivity index (χ3n) is 2.45. The first kappa shape index (κ1) is 11.5. The molecule has 0 radical (unpaired) electrons. The van der Waals surface area contributed by atoms with Gasteiger partial charge >= 0.3 is 5.97 Å². The predicted octanol–water partition coefficient (Wildman–Crippen LogP) is 2.92. The SMILES string of the molecule is CC[C@H](C)CCC[C@H](C)C(=O)O. The Kier molecular flexibility index (Phi) is 5.77. The number of carbonyl (C=O) groups is 1. The second-order valence-electron chi connectivity index (χ2n) is 3.68. The molecule has 0 aliphatic rings. The number of hydrogen-bond donors (Lipinski definition) is 1. The zero-order chi connectivity index (χ0) is 9.56. The summed E-state index contributed by atoms with van der Waals surface area (Å²) in [6, 6.07) is 0. The van der Waals surface area contributed by atoms with Crippen LogP contribution in [-0.4, -0.2) is 11.1 Å². The maximum absolute atomic E-state index is 10.4. The Balaban J connectivity index is 3.37.